The Morgan fingerprint density at radius 1 is 1.00 bits per heavy atom. The molecule has 0 aromatic heterocycles. The van der Waals surface area contributed by atoms with Gasteiger partial charge in [-0.15, -0.1) is 0 Å². The maximum atomic E-state index is 12.1. The van der Waals surface area contributed by atoms with E-state index in [0.29, 0.717) is 18.5 Å². The molecular formula is C19H23N3O5S. The van der Waals surface area contributed by atoms with Crippen LogP contribution in [0.5, 0.6) is 0 Å². The van der Waals surface area contributed by atoms with E-state index in [1.165, 1.54) is 6.07 Å². The molecule has 0 atom stereocenters. The van der Waals surface area contributed by atoms with Gasteiger partial charge < -0.3 is 10.6 Å². The van der Waals surface area contributed by atoms with Crippen molar-refractivity contribution >= 4 is 27.1 Å². The fourth-order valence-corrected chi connectivity index (χ4v) is 3.88. The summed E-state index contributed by atoms with van der Waals surface area (Å²) in [5.74, 6) is -1.19. The molecule has 0 unspecified atom stereocenters. The molecule has 0 saturated heterocycles. The number of para-hydroxylation sites is 2. The largest absolute Gasteiger partial charge is 0.378 e. The highest BCUT2D eigenvalue weighted by molar-refractivity contribution is 7.92. The minimum atomic E-state index is -3.48. The van der Waals surface area contributed by atoms with Crippen molar-refractivity contribution in [3.63, 3.8) is 0 Å². The summed E-state index contributed by atoms with van der Waals surface area (Å²) in [6, 6.07) is 15.7. The molecule has 2 aromatic rings. The molecule has 0 aliphatic carbocycles. The molecule has 9 heteroatoms. The second kappa shape index (κ2) is 10.4. The zero-order valence-electron chi connectivity index (χ0n) is 15.3. The van der Waals surface area contributed by atoms with Crippen molar-refractivity contribution in [1.82, 2.24) is 5.32 Å². The van der Waals surface area contributed by atoms with Crippen LogP contribution in [0.2, 0.25) is 0 Å². The minimum Gasteiger partial charge on any atom is -0.378 e. The number of nitro benzene ring substituents is 1. The molecule has 2 N–H and O–H groups in total. The lowest BCUT2D eigenvalue weighted by molar-refractivity contribution is -0.384. The molecular weight excluding hydrogens is 382 g/mol. The van der Waals surface area contributed by atoms with Gasteiger partial charge in [0, 0.05) is 19.2 Å². The van der Waals surface area contributed by atoms with Crippen molar-refractivity contribution in [2.45, 2.75) is 12.8 Å². The Labute approximate surface area is 164 Å². The molecule has 0 radical (unpaired) electrons. The maximum absolute atomic E-state index is 12.1. The SMILES string of the molecule is O=C(CS(=O)(=O)CCCc1ccccc1)NCCNc1ccccc1[N+](=O)[O-]. The Bertz CT molecular complexity index is 901. The Hall–Kier alpha value is -2.94. The fourth-order valence-electron chi connectivity index (χ4n) is 2.65. The highest BCUT2D eigenvalue weighted by Gasteiger charge is 2.16. The monoisotopic (exact) mass is 405 g/mol. The van der Waals surface area contributed by atoms with Crippen LogP contribution in [-0.2, 0) is 21.1 Å². The fraction of sp³-hybridized carbons (Fsp3) is 0.316. The molecule has 28 heavy (non-hydrogen) atoms. The van der Waals surface area contributed by atoms with Crippen LogP contribution in [0.3, 0.4) is 0 Å². The molecule has 0 fully saturated rings. The van der Waals surface area contributed by atoms with Crippen molar-refractivity contribution in [3.05, 3.63) is 70.3 Å². The molecule has 150 valence electrons. The van der Waals surface area contributed by atoms with Gasteiger partial charge in [0.05, 0.1) is 10.7 Å². The summed E-state index contributed by atoms with van der Waals surface area (Å²) in [5.41, 5.74) is 1.34. The molecule has 0 bridgehead atoms. The average molecular weight is 405 g/mol. The smallest absolute Gasteiger partial charge is 0.292 e. The molecule has 0 aliphatic heterocycles. The van der Waals surface area contributed by atoms with E-state index >= 15 is 0 Å². The Morgan fingerprint density at radius 3 is 2.39 bits per heavy atom. The lowest BCUT2D eigenvalue weighted by atomic mass is 10.1. The Balaban J connectivity index is 1.69. The first kappa shape index (κ1) is 21.4. The summed E-state index contributed by atoms with van der Waals surface area (Å²) >= 11 is 0. The van der Waals surface area contributed by atoms with Crippen LogP contribution in [0.4, 0.5) is 11.4 Å². The summed E-state index contributed by atoms with van der Waals surface area (Å²) in [6.45, 7) is 0.398. The van der Waals surface area contributed by atoms with E-state index in [4.69, 9.17) is 0 Å². The standard InChI is InChI=1S/C19H23N3O5S/c23-19(15-28(26,27)14-6-9-16-7-2-1-3-8-16)21-13-12-20-17-10-4-5-11-18(17)22(24)25/h1-5,7-8,10-11,20H,6,9,12-15H2,(H,21,23). The number of nitrogens with one attached hydrogen (secondary N) is 2. The van der Waals surface area contributed by atoms with Gasteiger partial charge in [-0.25, -0.2) is 8.42 Å². The van der Waals surface area contributed by atoms with Crippen molar-refractivity contribution in [1.29, 1.82) is 0 Å². The molecule has 0 saturated carbocycles. The number of hydrogen-bond acceptors (Lipinski definition) is 6. The third-order valence-electron chi connectivity index (χ3n) is 3.98. The second-order valence-electron chi connectivity index (χ2n) is 6.23. The highest BCUT2D eigenvalue weighted by atomic mass is 32.2. The van der Waals surface area contributed by atoms with Gasteiger partial charge in [0.1, 0.15) is 11.4 Å². The zero-order chi connectivity index (χ0) is 20.4. The average Bonchev–Trinajstić information content (AvgIpc) is 2.65. The number of benzene rings is 2. The van der Waals surface area contributed by atoms with E-state index < -0.39 is 26.4 Å². The van der Waals surface area contributed by atoms with Crippen LogP contribution in [0.25, 0.3) is 0 Å². The van der Waals surface area contributed by atoms with E-state index in [0.717, 1.165) is 5.56 Å². The number of nitrogens with zero attached hydrogens (tertiary/aromatic N) is 1. The van der Waals surface area contributed by atoms with Crippen molar-refractivity contribution < 1.29 is 18.1 Å². The van der Waals surface area contributed by atoms with Gasteiger partial charge in [-0.05, 0) is 24.5 Å². The summed E-state index contributed by atoms with van der Waals surface area (Å²) in [6.07, 6.45) is 1.10. The van der Waals surface area contributed by atoms with Gasteiger partial charge in [-0.1, -0.05) is 42.5 Å². The van der Waals surface area contributed by atoms with Crippen LogP contribution in [-0.4, -0.2) is 43.8 Å². The van der Waals surface area contributed by atoms with Gasteiger partial charge in [0.25, 0.3) is 5.69 Å². The quantitative estimate of drug-likeness (QED) is 0.336. The number of rotatable bonds is 11. The Morgan fingerprint density at radius 2 is 1.68 bits per heavy atom. The molecule has 2 aromatic carbocycles. The molecule has 0 aliphatic rings. The lowest BCUT2D eigenvalue weighted by Gasteiger charge is -2.09. The predicted molar refractivity (Wildman–Crippen MR) is 108 cm³/mol. The number of sulfone groups is 1. The third-order valence-corrected chi connectivity index (χ3v) is 5.59. The predicted octanol–water partition coefficient (Wildman–Crippen LogP) is 2.17. The molecule has 0 spiro atoms. The van der Waals surface area contributed by atoms with Gasteiger partial charge >= 0.3 is 0 Å². The van der Waals surface area contributed by atoms with E-state index in [9.17, 15) is 23.3 Å². The molecule has 1 amide bonds. The highest BCUT2D eigenvalue weighted by Crippen LogP contribution is 2.22. The first-order valence-electron chi connectivity index (χ1n) is 8.86. The number of aryl methyl sites for hydroxylation is 1. The summed E-state index contributed by atoms with van der Waals surface area (Å²) in [7, 11) is -3.48. The van der Waals surface area contributed by atoms with E-state index in [1.807, 2.05) is 30.3 Å². The lowest BCUT2D eigenvalue weighted by Crippen LogP contribution is -2.34. The van der Waals surface area contributed by atoms with E-state index in [-0.39, 0.29) is 24.5 Å². The summed E-state index contributed by atoms with van der Waals surface area (Å²) in [5, 5.41) is 16.3. The molecule has 8 nitrogen and oxygen atoms in total. The van der Waals surface area contributed by atoms with E-state index in [1.54, 1.807) is 18.2 Å². The van der Waals surface area contributed by atoms with Crippen LogP contribution in [0.15, 0.2) is 54.6 Å². The number of nitro groups is 1. The number of carbonyl (C=O) groups is 1. The number of amides is 1. The van der Waals surface area contributed by atoms with Gasteiger partial charge in [-0.3, -0.25) is 14.9 Å². The topological polar surface area (TPSA) is 118 Å². The number of carbonyl (C=O) groups excluding carboxylic acids is 1. The molecule has 0 heterocycles. The van der Waals surface area contributed by atoms with Crippen molar-refractivity contribution in [2.24, 2.45) is 0 Å². The third kappa shape index (κ3) is 7.36. The number of hydrogen-bond donors (Lipinski definition) is 2. The van der Waals surface area contributed by atoms with Crippen LogP contribution >= 0.6 is 0 Å². The van der Waals surface area contributed by atoms with Gasteiger partial charge in [0.2, 0.25) is 5.91 Å². The Kier molecular flexibility index (Phi) is 7.94. The van der Waals surface area contributed by atoms with Gasteiger partial charge in [-0.2, -0.15) is 0 Å². The zero-order valence-corrected chi connectivity index (χ0v) is 16.2. The summed E-state index contributed by atoms with van der Waals surface area (Å²) < 4.78 is 24.1. The van der Waals surface area contributed by atoms with Crippen molar-refractivity contribution in [2.75, 3.05) is 29.9 Å². The minimum absolute atomic E-state index is 0.0518. The normalized spacial score (nSPS) is 11.0. The van der Waals surface area contributed by atoms with Crippen LogP contribution in [0.1, 0.15) is 12.0 Å². The molecule has 2 rings (SSSR count). The maximum Gasteiger partial charge on any atom is 0.292 e. The van der Waals surface area contributed by atoms with Gasteiger partial charge in [0.15, 0.2) is 9.84 Å². The first-order valence-corrected chi connectivity index (χ1v) is 10.7. The first-order chi connectivity index (χ1) is 13.4. The van der Waals surface area contributed by atoms with Crippen LogP contribution < -0.4 is 10.6 Å². The number of anilines is 1. The van der Waals surface area contributed by atoms with Crippen molar-refractivity contribution in [3.8, 4) is 0 Å². The summed E-state index contributed by atoms with van der Waals surface area (Å²) in [4.78, 5) is 22.3. The second-order valence-corrected chi connectivity index (χ2v) is 8.42. The van der Waals surface area contributed by atoms with E-state index in [2.05, 4.69) is 10.6 Å². The van der Waals surface area contributed by atoms with Crippen LogP contribution in [0, 0.1) is 10.1 Å².